The van der Waals surface area contributed by atoms with Crippen molar-refractivity contribution in [3.05, 3.63) is 35.2 Å². The number of nitrogens with zero attached hydrogens (tertiary/aromatic N) is 2. The summed E-state index contributed by atoms with van der Waals surface area (Å²) in [6.45, 7) is 2.11. The lowest BCUT2D eigenvalue weighted by atomic mass is 10.1. The summed E-state index contributed by atoms with van der Waals surface area (Å²) in [4.78, 5) is 8.11. The Morgan fingerprint density at radius 2 is 2.23 bits per heavy atom. The molecule has 1 heterocycles. The summed E-state index contributed by atoms with van der Waals surface area (Å²) in [5.41, 5.74) is 2.17. The van der Waals surface area contributed by atoms with Crippen LogP contribution in [0.4, 0.5) is 0 Å². The summed E-state index contributed by atoms with van der Waals surface area (Å²) < 4.78 is 0. The van der Waals surface area contributed by atoms with E-state index in [0.717, 1.165) is 17.3 Å². The highest BCUT2D eigenvalue weighted by Gasteiger charge is 2.00. The molecule has 2 rings (SSSR count). The third kappa shape index (κ3) is 1.49. The van der Waals surface area contributed by atoms with Crippen LogP contribution in [0, 0.1) is 0 Å². The smallest absolute Gasteiger partial charge is 0.222 e. The largest absolute Gasteiger partial charge is 0.226 e. The number of benzene rings is 1. The van der Waals surface area contributed by atoms with Gasteiger partial charge < -0.3 is 0 Å². The zero-order valence-electron chi connectivity index (χ0n) is 7.29. The predicted octanol–water partition coefficient (Wildman–Crippen LogP) is 2.85. The van der Waals surface area contributed by atoms with E-state index in [0.29, 0.717) is 5.28 Å². The molecule has 2 nitrogen and oxygen atoms in total. The van der Waals surface area contributed by atoms with Crippen LogP contribution < -0.4 is 0 Å². The molecular formula is C10H9ClN2. The third-order valence-corrected chi connectivity index (χ3v) is 2.25. The van der Waals surface area contributed by atoms with Gasteiger partial charge in [-0.1, -0.05) is 19.1 Å². The van der Waals surface area contributed by atoms with E-state index >= 15 is 0 Å². The van der Waals surface area contributed by atoms with Crippen molar-refractivity contribution in [2.24, 2.45) is 0 Å². The minimum absolute atomic E-state index is 0.306. The molecule has 66 valence electrons. The lowest BCUT2D eigenvalue weighted by molar-refractivity contribution is 1.14. The van der Waals surface area contributed by atoms with E-state index < -0.39 is 0 Å². The van der Waals surface area contributed by atoms with Gasteiger partial charge >= 0.3 is 0 Å². The Morgan fingerprint density at radius 3 is 3.00 bits per heavy atom. The van der Waals surface area contributed by atoms with Gasteiger partial charge in [-0.25, -0.2) is 9.97 Å². The van der Waals surface area contributed by atoms with Gasteiger partial charge in [0, 0.05) is 11.6 Å². The molecule has 0 N–H and O–H groups in total. The van der Waals surface area contributed by atoms with Crippen LogP contribution in [0.25, 0.3) is 10.9 Å². The van der Waals surface area contributed by atoms with Gasteiger partial charge in [0.05, 0.1) is 5.52 Å². The molecule has 0 radical (unpaired) electrons. The van der Waals surface area contributed by atoms with Crippen LogP contribution in [-0.2, 0) is 6.42 Å². The number of aromatic nitrogens is 2. The topological polar surface area (TPSA) is 25.8 Å². The van der Waals surface area contributed by atoms with Crippen molar-refractivity contribution < 1.29 is 0 Å². The molecule has 0 aliphatic heterocycles. The van der Waals surface area contributed by atoms with Gasteiger partial charge in [0.2, 0.25) is 5.28 Å². The molecule has 3 heteroatoms. The van der Waals surface area contributed by atoms with Gasteiger partial charge in [-0.2, -0.15) is 0 Å². The first-order valence-electron chi connectivity index (χ1n) is 4.21. The highest BCUT2D eigenvalue weighted by molar-refractivity contribution is 6.28. The van der Waals surface area contributed by atoms with Gasteiger partial charge in [0.1, 0.15) is 0 Å². The lowest BCUT2D eigenvalue weighted by Crippen LogP contribution is -1.88. The predicted molar refractivity (Wildman–Crippen MR) is 53.9 cm³/mol. The Hall–Kier alpha value is -1.15. The van der Waals surface area contributed by atoms with E-state index in [-0.39, 0.29) is 0 Å². The minimum atomic E-state index is 0.306. The number of hydrogen-bond acceptors (Lipinski definition) is 2. The van der Waals surface area contributed by atoms with Crippen molar-refractivity contribution in [1.82, 2.24) is 9.97 Å². The second kappa shape index (κ2) is 3.30. The van der Waals surface area contributed by atoms with Crippen molar-refractivity contribution in [2.75, 3.05) is 0 Å². The first-order chi connectivity index (χ1) is 6.31. The summed E-state index contributed by atoms with van der Waals surface area (Å²) in [7, 11) is 0. The van der Waals surface area contributed by atoms with Gasteiger partial charge in [0.25, 0.3) is 0 Å². The maximum Gasteiger partial charge on any atom is 0.222 e. The molecule has 0 atom stereocenters. The van der Waals surface area contributed by atoms with Crippen LogP contribution in [0.2, 0.25) is 5.28 Å². The van der Waals surface area contributed by atoms with E-state index in [2.05, 4.69) is 23.0 Å². The Morgan fingerprint density at radius 1 is 1.38 bits per heavy atom. The molecule has 0 saturated heterocycles. The van der Waals surface area contributed by atoms with E-state index in [4.69, 9.17) is 11.6 Å². The van der Waals surface area contributed by atoms with Crippen molar-refractivity contribution in [2.45, 2.75) is 13.3 Å². The van der Waals surface area contributed by atoms with Crippen molar-refractivity contribution in [3.63, 3.8) is 0 Å². The second-order valence-electron chi connectivity index (χ2n) is 2.84. The normalized spacial score (nSPS) is 10.6. The molecule has 0 amide bonds. The Labute approximate surface area is 81.6 Å². The highest BCUT2D eigenvalue weighted by atomic mass is 35.5. The number of rotatable bonds is 1. The second-order valence-corrected chi connectivity index (χ2v) is 3.18. The highest BCUT2D eigenvalue weighted by Crippen LogP contribution is 2.17. The first-order valence-corrected chi connectivity index (χ1v) is 4.59. The molecule has 0 saturated carbocycles. The molecule has 2 aromatic rings. The molecule has 0 unspecified atom stereocenters. The molecule has 0 bridgehead atoms. The number of aryl methyl sites for hydroxylation is 1. The first kappa shape index (κ1) is 8.45. The van der Waals surface area contributed by atoms with Crippen LogP contribution in [0.3, 0.4) is 0 Å². The van der Waals surface area contributed by atoms with Gasteiger partial charge in [-0.3, -0.25) is 0 Å². The maximum absolute atomic E-state index is 5.69. The van der Waals surface area contributed by atoms with Crippen molar-refractivity contribution in [1.29, 1.82) is 0 Å². The van der Waals surface area contributed by atoms with Crippen molar-refractivity contribution >= 4 is 22.5 Å². The van der Waals surface area contributed by atoms with Crippen LogP contribution in [0.1, 0.15) is 12.5 Å². The molecule has 0 aliphatic rings. The zero-order chi connectivity index (χ0) is 9.26. The minimum Gasteiger partial charge on any atom is -0.226 e. The summed E-state index contributed by atoms with van der Waals surface area (Å²) in [6.07, 6.45) is 2.77. The molecule has 0 spiro atoms. The number of hydrogen-bond donors (Lipinski definition) is 0. The van der Waals surface area contributed by atoms with Gasteiger partial charge in [-0.15, -0.1) is 0 Å². The van der Waals surface area contributed by atoms with Crippen LogP contribution >= 0.6 is 11.6 Å². The fourth-order valence-electron chi connectivity index (χ4n) is 1.40. The molecule has 1 aromatic heterocycles. The van der Waals surface area contributed by atoms with E-state index in [9.17, 15) is 0 Å². The Bertz CT molecular complexity index is 440. The van der Waals surface area contributed by atoms with Crippen LogP contribution in [0.5, 0.6) is 0 Å². The third-order valence-electron chi connectivity index (χ3n) is 2.07. The van der Waals surface area contributed by atoms with E-state index in [1.165, 1.54) is 5.56 Å². The molecule has 0 fully saturated rings. The molecular weight excluding hydrogens is 184 g/mol. The maximum atomic E-state index is 5.69. The molecule has 1 aromatic carbocycles. The van der Waals surface area contributed by atoms with Crippen molar-refractivity contribution in [3.8, 4) is 0 Å². The summed E-state index contributed by atoms with van der Waals surface area (Å²) in [5, 5.41) is 1.40. The lowest BCUT2D eigenvalue weighted by Gasteiger charge is -2.01. The average Bonchev–Trinajstić information content (AvgIpc) is 2.16. The Kier molecular flexibility index (Phi) is 2.15. The fourth-order valence-corrected chi connectivity index (χ4v) is 1.54. The summed E-state index contributed by atoms with van der Waals surface area (Å²) >= 11 is 5.69. The van der Waals surface area contributed by atoms with E-state index in [1.54, 1.807) is 6.20 Å². The fraction of sp³-hybridized carbons (Fsp3) is 0.200. The zero-order valence-corrected chi connectivity index (χ0v) is 8.04. The summed E-state index contributed by atoms with van der Waals surface area (Å²) in [6, 6.07) is 6.02. The SMILES string of the molecule is CCc1cccc2nc(Cl)ncc12. The summed E-state index contributed by atoms with van der Waals surface area (Å²) in [5.74, 6) is 0. The van der Waals surface area contributed by atoms with Gasteiger partial charge in [0.15, 0.2) is 0 Å². The van der Waals surface area contributed by atoms with Gasteiger partial charge in [-0.05, 0) is 29.7 Å². The van der Waals surface area contributed by atoms with Crippen LogP contribution in [-0.4, -0.2) is 9.97 Å². The van der Waals surface area contributed by atoms with E-state index in [1.807, 2.05) is 12.1 Å². The Balaban J connectivity index is 2.77. The number of fused-ring (bicyclic) bond motifs is 1. The standard InChI is InChI=1S/C10H9ClN2/c1-2-7-4-3-5-9-8(7)6-12-10(11)13-9/h3-6H,2H2,1H3. The van der Waals surface area contributed by atoms with Crippen LogP contribution in [0.15, 0.2) is 24.4 Å². The number of halogens is 1. The molecule has 13 heavy (non-hydrogen) atoms. The average molecular weight is 193 g/mol. The quantitative estimate of drug-likeness (QED) is 0.650. The monoisotopic (exact) mass is 192 g/mol. The molecule has 0 aliphatic carbocycles.